The summed E-state index contributed by atoms with van der Waals surface area (Å²) in [6.07, 6.45) is 4.70. The molecule has 25 heavy (non-hydrogen) atoms. The van der Waals surface area contributed by atoms with Crippen LogP contribution in [-0.2, 0) is 0 Å². The first-order chi connectivity index (χ1) is 12.0. The van der Waals surface area contributed by atoms with Gasteiger partial charge in [0.15, 0.2) is 0 Å². The highest BCUT2D eigenvalue weighted by Crippen LogP contribution is 2.20. The van der Waals surface area contributed by atoms with Crippen LogP contribution >= 0.6 is 0 Å². The summed E-state index contributed by atoms with van der Waals surface area (Å²) in [4.78, 5) is 20.4. The number of amides is 1. The van der Waals surface area contributed by atoms with Crippen LogP contribution in [0, 0.1) is 19.7 Å². The number of rotatable bonds is 4. The Morgan fingerprint density at radius 1 is 1.12 bits per heavy atom. The lowest BCUT2D eigenvalue weighted by Crippen LogP contribution is -2.27. The van der Waals surface area contributed by atoms with E-state index < -0.39 is 0 Å². The van der Waals surface area contributed by atoms with E-state index >= 15 is 0 Å². The van der Waals surface area contributed by atoms with Gasteiger partial charge in [-0.2, -0.15) is 5.10 Å². The molecule has 0 fully saturated rings. The largest absolute Gasteiger partial charge is 0.344 e. The number of nitrogens with zero attached hydrogens (tertiary/aromatic N) is 4. The Kier molecular flexibility index (Phi) is 4.56. The lowest BCUT2D eigenvalue weighted by Gasteiger charge is -2.14. The molecule has 128 valence electrons. The zero-order chi connectivity index (χ0) is 18.0. The predicted molar refractivity (Wildman–Crippen MR) is 90.9 cm³/mol. The van der Waals surface area contributed by atoms with Gasteiger partial charge >= 0.3 is 0 Å². The van der Waals surface area contributed by atoms with E-state index in [0.717, 1.165) is 22.6 Å². The maximum absolute atomic E-state index is 13.1. The maximum Gasteiger partial charge on any atom is 0.271 e. The van der Waals surface area contributed by atoms with Crippen molar-refractivity contribution in [1.82, 2.24) is 25.1 Å². The first-order valence-electron chi connectivity index (χ1n) is 7.85. The van der Waals surface area contributed by atoms with Crippen LogP contribution < -0.4 is 5.32 Å². The van der Waals surface area contributed by atoms with Crippen molar-refractivity contribution in [2.75, 3.05) is 0 Å². The molecule has 7 heteroatoms. The van der Waals surface area contributed by atoms with Crippen LogP contribution in [0.3, 0.4) is 0 Å². The van der Waals surface area contributed by atoms with Crippen molar-refractivity contribution in [3.8, 4) is 5.69 Å². The quantitative estimate of drug-likeness (QED) is 0.793. The number of carbonyl (C=O) groups excluding carboxylic acids is 1. The van der Waals surface area contributed by atoms with Crippen LogP contribution in [0.15, 0.2) is 42.9 Å². The molecule has 0 aliphatic heterocycles. The Hall–Kier alpha value is -3.09. The van der Waals surface area contributed by atoms with E-state index in [1.54, 1.807) is 29.2 Å². The zero-order valence-corrected chi connectivity index (χ0v) is 14.2. The normalized spacial score (nSPS) is 12.0. The first kappa shape index (κ1) is 16.8. The van der Waals surface area contributed by atoms with Gasteiger partial charge in [-0.05, 0) is 45.0 Å². The number of carbonyl (C=O) groups is 1. The molecule has 0 aliphatic rings. The SMILES string of the molecule is Cc1cnc(C(=O)NC(C)c2cnn(-c3ccc(F)cc3)c2C)cn1. The standard InChI is InChI=1S/C18H18FN5O/c1-11-8-21-17(10-20-11)18(25)23-12(2)16-9-22-24(13(16)3)15-6-4-14(19)5-7-15/h4-10,12H,1-3H3,(H,23,25). The van der Waals surface area contributed by atoms with Crippen molar-refractivity contribution in [2.24, 2.45) is 0 Å². The van der Waals surface area contributed by atoms with Crippen LogP contribution in [-0.4, -0.2) is 25.7 Å². The molecule has 2 aromatic heterocycles. The minimum Gasteiger partial charge on any atom is -0.344 e. The molecule has 0 spiro atoms. The Morgan fingerprint density at radius 3 is 2.48 bits per heavy atom. The highest BCUT2D eigenvalue weighted by molar-refractivity contribution is 5.92. The van der Waals surface area contributed by atoms with E-state index in [-0.39, 0.29) is 23.5 Å². The Morgan fingerprint density at radius 2 is 1.84 bits per heavy atom. The molecule has 0 aliphatic carbocycles. The van der Waals surface area contributed by atoms with Crippen molar-refractivity contribution in [1.29, 1.82) is 0 Å². The van der Waals surface area contributed by atoms with E-state index in [1.165, 1.54) is 18.3 Å². The van der Waals surface area contributed by atoms with Gasteiger partial charge in [0.05, 0.1) is 29.8 Å². The molecular formula is C18H18FN5O. The number of nitrogens with one attached hydrogen (secondary N) is 1. The molecule has 1 N–H and O–H groups in total. The van der Waals surface area contributed by atoms with E-state index in [0.29, 0.717) is 0 Å². The number of aryl methyl sites for hydroxylation is 1. The van der Waals surface area contributed by atoms with Crippen molar-refractivity contribution >= 4 is 5.91 Å². The van der Waals surface area contributed by atoms with E-state index in [4.69, 9.17) is 0 Å². The average Bonchev–Trinajstić information content (AvgIpc) is 2.98. The molecule has 0 saturated heterocycles. The third-order valence-corrected chi connectivity index (χ3v) is 3.95. The van der Waals surface area contributed by atoms with Gasteiger partial charge in [-0.15, -0.1) is 0 Å². The average molecular weight is 339 g/mol. The van der Waals surface area contributed by atoms with E-state index in [9.17, 15) is 9.18 Å². The highest BCUT2D eigenvalue weighted by Gasteiger charge is 2.18. The van der Waals surface area contributed by atoms with Crippen molar-refractivity contribution in [2.45, 2.75) is 26.8 Å². The molecule has 0 bridgehead atoms. The van der Waals surface area contributed by atoms with Gasteiger partial charge in [-0.1, -0.05) is 0 Å². The molecule has 3 rings (SSSR count). The summed E-state index contributed by atoms with van der Waals surface area (Å²) in [6.45, 7) is 5.59. The Bertz CT molecular complexity index is 887. The van der Waals surface area contributed by atoms with E-state index in [2.05, 4.69) is 20.4 Å². The predicted octanol–water partition coefficient (Wildman–Crippen LogP) is 2.91. The van der Waals surface area contributed by atoms with Crippen LogP contribution in [0.5, 0.6) is 0 Å². The third kappa shape index (κ3) is 3.55. The molecular weight excluding hydrogens is 321 g/mol. The summed E-state index contributed by atoms with van der Waals surface area (Å²) in [7, 11) is 0. The Labute approximate surface area is 144 Å². The fourth-order valence-electron chi connectivity index (χ4n) is 2.55. The molecule has 0 radical (unpaired) electrons. The highest BCUT2D eigenvalue weighted by atomic mass is 19.1. The summed E-state index contributed by atoms with van der Waals surface area (Å²) in [6, 6.07) is 5.83. The van der Waals surface area contributed by atoms with Crippen molar-refractivity contribution in [3.05, 3.63) is 71.3 Å². The molecule has 0 saturated carbocycles. The molecule has 3 aromatic rings. The van der Waals surface area contributed by atoms with Gasteiger partial charge in [0.2, 0.25) is 0 Å². The second-order valence-electron chi connectivity index (χ2n) is 5.81. The molecule has 1 atom stereocenters. The summed E-state index contributed by atoms with van der Waals surface area (Å²) < 4.78 is 14.8. The van der Waals surface area contributed by atoms with Crippen molar-refractivity contribution in [3.63, 3.8) is 0 Å². The minimum absolute atomic E-state index is 0.259. The van der Waals surface area contributed by atoms with E-state index in [1.807, 2.05) is 20.8 Å². The van der Waals surface area contributed by atoms with Crippen molar-refractivity contribution < 1.29 is 9.18 Å². The summed E-state index contributed by atoms with van der Waals surface area (Å²) in [5, 5.41) is 7.24. The summed E-state index contributed by atoms with van der Waals surface area (Å²) in [5.41, 5.74) is 3.52. The lowest BCUT2D eigenvalue weighted by atomic mass is 10.1. The zero-order valence-electron chi connectivity index (χ0n) is 14.2. The summed E-state index contributed by atoms with van der Waals surface area (Å²) in [5.74, 6) is -0.595. The van der Waals surface area contributed by atoms with Gasteiger partial charge in [0, 0.05) is 17.5 Å². The van der Waals surface area contributed by atoms with Gasteiger partial charge in [-0.25, -0.2) is 14.1 Å². The number of hydrogen-bond donors (Lipinski definition) is 1. The maximum atomic E-state index is 13.1. The second-order valence-corrected chi connectivity index (χ2v) is 5.81. The minimum atomic E-state index is -0.298. The third-order valence-electron chi connectivity index (χ3n) is 3.95. The first-order valence-corrected chi connectivity index (χ1v) is 7.85. The topological polar surface area (TPSA) is 72.7 Å². The van der Waals surface area contributed by atoms with Gasteiger partial charge in [0.1, 0.15) is 11.5 Å². The monoisotopic (exact) mass is 339 g/mol. The van der Waals surface area contributed by atoms with Gasteiger partial charge in [-0.3, -0.25) is 9.78 Å². The van der Waals surface area contributed by atoms with Crippen LogP contribution in [0.4, 0.5) is 4.39 Å². The number of benzene rings is 1. The number of hydrogen-bond acceptors (Lipinski definition) is 4. The van der Waals surface area contributed by atoms with Crippen LogP contribution in [0.2, 0.25) is 0 Å². The number of aromatic nitrogens is 4. The molecule has 1 unspecified atom stereocenters. The molecule has 1 amide bonds. The van der Waals surface area contributed by atoms with Crippen LogP contribution in [0.1, 0.15) is 40.4 Å². The van der Waals surface area contributed by atoms with Gasteiger partial charge in [0.25, 0.3) is 5.91 Å². The fraction of sp³-hybridized carbons (Fsp3) is 0.222. The lowest BCUT2D eigenvalue weighted by molar-refractivity contribution is 0.0934. The summed E-state index contributed by atoms with van der Waals surface area (Å²) >= 11 is 0. The molecule has 6 nitrogen and oxygen atoms in total. The smallest absolute Gasteiger partial charge is 0.271 e. The molecule has 1 aromatic carbocycles. The second kappa shape index (κ2) is 6.80. The Balaban J connectivity index is 1.78. The van der Waals surface area contributed by atoms with Crippen LogP contribution in [0.25, 0.3) is 5.69 Å². The number of halogens is 1. The van der Waals surface area contributed by atoms with Gasteiger partial charge < -0.3 is 5.32 Å². The fourth-order valence-corrected chi connectivity index (χ4v) is 2.55. The molecule has 2 heterocycles.